The van der Waals surface area contributed by atoms with Gasteiger partial charge >= 0.3 is 0 Å². The lowest BCUT2D eigenvalue weighted by Gasteiger charge is -2.30. The lowest BCUT2D eigenvalue weighted by Crippen LogP contribution is -2.34. The molecule has 2 amide bonds. The van der Waals surface area contributed by atoms with Crippen LogP contribution in [0.2, 0.25) is 0 Å². The highest BCUT2D eigenvalue weighted by molar-refractivity contribution is 6.64. The zero-order chi connectivity index (χ0) is 70.5. The van der Waals surface area contributed by atoms with E-state index in [0.29, 0.717) is 23.5 Å². The average Bonchev–Trinajstić information content (AvgIpc) is 1.62. The van der Waals surface area contributed by atoms with Gasteiger partial charge < -0.3 is 16.2 Å². The minimum Gasteiger partial charge on any atom is -0.379 e. The molecule has 506 valence electrons. The maximum Gasteiger partial charge on any atom is 0.274 e. The van der Waals surface area contributed by atoms with Crippen LogP contribution in [0.5, 0.6) is 0 Å². The molecule has 0 saturated carbocycles. The average molecular weight is 1290 g/mol. The van der Waals surface area contributed by atoms with E-state index in [0.717, 1.165) is 172 Å². The third kappa shape index (κ3) is 23.8. The molecule has 2 aliphatic heterocycles. The van der Waals surface area contributed by atoms with Gasteiger partial charge in [0.2, 0.25) is 17.1 Å². The molecule has 0 spiro atoms. The Kier molecular flexibility index (Phi) is 35.1. The molecule has 7 rings (SSSR count). The fraction of sp³-hybridized carbons (Fsp3) is 0.566. The summed E-state index contributed by atoms with van der Waals surface area (Å²) in [5.74, 6) is -2.18. The van der Waals surface area contributed by atoms with Gasteiger partial charge in [0.25, 0.3) is 5.56 Å². The Labute approximate surface area is 562 Å². The van der Waals surface area contributed by atoms with Crippen LogP contribution in [0.4, 0.5) is 0 Å². The number of rotatable bonds is 15. The molecule has 1 aliphatic carbocycles. The number of nitrogens with zero attached hydrogens (tertiary/aromatic N) is 6. The Morgan fingerprint density at radius 3 is 1.38 bits per heavy atom. The summed E-state index contributed by atoms with van der Waals surface area (Å²) in [5.41, 5.74) is 33.2. The van der Waals surface area contributed by atoms with E-state index in [2.05, 4.69) is 132 Å². The number of fused-ring (bicyclic) bond motifs is 1. The number of benzene rings is 3. The van der Waals surface area contributed by atoms with Crippen LogP contribution in [0, 0.1) is 88.8 Å². The van der Waals surface area contributed by atoms with E-state index in [9.17, 15) is 24.0 Å². The molecule has 4 aromatic rings. The number of hydrogen-bond donors (Lipinski definition) is 4. The van der Waals surface area contributed by atoms with Gasteiger partial charge in [-0.15, -0.1) is 0 Å². The molecule has 3 aromatic carbocycles. The molecule has 2 atom stereocenters. The quantitative estimate of drug-likeness (QED) is 0.0374. The lowest BCUT2D eigenvalue weighted by molar-refractivity contribution is -0.128. The van der Waals surface area contributed by atoms with Crippen LogP contribution in [0.3, 0.4) is 0 Å². The van der Waals surface area contributed by atoms with Crippen LogP contribution in [-0.4, -0.2) is 58.5 Å². The van der Waals surface area contributed by atoms with Gasteiger partial charge in [-0.05, 0) is 178 Å². The number of nitrogens with one attached hydrogen (secondary N) is 2. The second-order valence-corrected chi connectivity index (χ2v) is 26.5. The highest BCUT2D eigenvalue weighted by atomic mass is 35.5. The molecule has 16 nitrogen and oxygen atoms in total. The summed E-state index contributed by atoms with van der Waals surface area (Å²) < 4.78 is 9.11. The number of ketones is 1. The van der Waals surface area contributed by atoms with Crippen molar-refractivity contribution in [2.75, 3.05) is 26.3 Å². The Morgan fingerprint density at radius 2 is 1.02 bits per heavy atom. The first-order valence-electron chi connectivity index (χ1n) is 33.5. The van der Waals surface area contributed by atoms with Crippen LogP contribution < -0.4 is 27.9 Å². The van der Waals surface area contributed by atoms with Crippen molar-refractivity contribution >= 4 is 34.4 Å². The Morgan fingerprint density at radius 1 is 0.613 bits per heavy atom. The van der Waals surface area contributed by atoms with Gasteiger partial charge in [-0.25, -0.2) is 4.68 Å². The number of aromatic nitrogens is 2. The van der Waals surface area contributed by atoms with Crippen LogP contribution in [0.25, 0.3) is 11.1 Å². The zero-order valence-corrected chi connectivity index (χ0v) is 60.2. The Balaban J connectivity index is 0.000000405. The Bertz CT molecular complexity index is 3350. The maximum atomic E-state index is 13.7. The number of carbonyl (C=O) groups is 4. The number of aryl methyl sites for hydroxylation is 9. The summed E-state index contributed by atoms with van der Waals surface area (Å²) in [5, 5.41) is 35.8. The number of allylic oxidation sites excluding steroid dienone is 4. The third-order valence-electron chi connectivity index (χ3n) is 16.9. The topological polar surface area (TPSA) is 276 Å². The fourth-order valence-electron chi connectivity index (χ4n) is 12.0. The SMILES string of the molecule is C1COCCNN1.CC(C)(C)C(=O)Cl.CCC1C=C(C)CC(CC)C1=C(C#N)C#N.CCc1cc(C)cc(CC)c1-c1c(CC(=O)C(C)(C)C)n2n(c1=O)CCCCC2.CCc1cc(C)cc(CC)c1C(C#N)C#N.CCc1cc(C)cc(CC)c1C(C(N)=O)C(N)=O. The molecule has 6 N–H and O–H groups in total. The van der Waals surface area contributed by atoms with Crippen molar-refractivity contribution < 1.29 is 23.9 Å². The lowest BCUT2D eigenvalue weighted by atomic mass is 9.74. The number of ether oxygens (including phenoxy) is 1. The van der Waals surface area contributed by atoms with Crippen molar-refractivity contribution in [3.8, 4) is 35.4 Å². The van der Waals surface area contributed by atoms with Crippen molar-refractivity contribution in [2.24, 2.45) is 34.1 Å². The standard InChI is InChI=1S/C25H36N2O2.C14H20N2O2.C14H18N2.C14H16N2.C5H9ClO.C4H10N2O/c1-7-18-14-17(3)15-19(8-2)22(18)23-20(16-21(28)25(4,5)6)26-12-10-9-11-13-27(26)24(23)29;1-4-9-6-8(3)7-10(5-2)11(9)12(13(15)17)14(16)18;2*1-4-11-6-10(3)7-12(5-2)14(11)13(8-15)9-16;1-5(2,3)4(6)7;1-3-7-4-2-6-5-1/h14-15H,7-13,16H2,1-6H3;6-7,12H,4-5H2,1-3H3,(H2,15,17)(H2,16,18);6,11-12H,4-5,7H2,1-3H3;6-7,13H,4-5H2,1-3H3;1-3H3;5-6H,1-4H2. The number of primary amides is 2. The second kappa shape index (κ2) is 40.0. The molecule has 0 radical (unpaired) electrons. The van der Waals surface area contributed by atoms with E-state index < -0.39 is 29.1 Å². The van der Waals surface area contributed by atoms with Gasteiger partial charge in [0.15, 0.2) is 5.92 Å². The van der Waals surface area contributed by atoms with Gasteiger partial charge in [-0.2, -0.15) is 21.0 Å². The highest BCUT2D eigenvalue weighted by Crippen LogP contribution is 2.39. The first-order chi connectivity index (χ1) is 43.9. The van der Waals surface area contributed by atoms with Crippen LogP contribution in [0.15, 0.2) is 64.0 Å². The summed E-state index contributed by atoms with van der Waals surface area (Å²) in [7, 11) is 0. The minimum absolute atomic E-state index is 0.0804. The van der Waals surface area contributed by atoms with Crippen molar-refractivity contribution in [2.45, 2.75) is 233 Å². The molecule has 1 aromatic heterocycles. The number of amides is 2. The van der Waals surface area contributed by atoms with Gasteiger partial charge in [-0.1, -0.05) is 162 Å². The zero-order valence-electron chi connectivity index (χ0n) is 59.5. The van der Waals surface area contributed by atoms with Crippen LogP contribution in [-0.2, 0) is 82.0 Å². The van der Waals surface area contributed by atoms with Crippen molar-refractivity contribution in [3.63, 3.8) is 0 Å². The van der Waals surface area contributed by atoms with Crippen LogP contribution in [0.1, 0.15) is 221 Å². The van der Waals surface area contributed by atoms with E-state index >= 15 is 0 Å². The van der Waals surface area contributed by atoms with E-state index in [-0.39, 0.29) is 27.9 Å². The molecule has 93 heavy (non-hydrogen) atoms. The van der Waals surface area contributed by atoms with Crippen molar-refractivity contribution in [3.05, 3.63) is 136 Å². The van der Waals surface area contributed by atoms with E-state index in [1.54, 1.807) is 20.8 Å². The largest absolute Gasteiger partial charge is 0.379 e. The number of nitriles is 4. The predicted octanol–water partition coefficient (Wildman–Crippen LogP) is 14.2. The smallest absolute Gasteiger partial charge is 0.274 e. The van der Waals surface area contributed by atoms with E-state index in [4.69, 9.17) is 48.9 Å². The summed E-state index contributed by atoms with van der Waals surface area (Å²) in [4.78, 5) is 59.9. The normalized spacial score (nSPS) is 15.2. The number of Topliss-reactive ketones (excluding diaryl/α,β-unsaturated/α-hetero) is 1. The van der Waals surface area contributed by atoms with Gasteiger partial charge in [0, 0.05) is 49.3 Å². The molecule has 1 fully saturated rings. The number of carbonyl (C=O) groups excluding carboxylic acids is 4. The number of hydrogen-bond acceptors (Lipinski definition) is 12. The molecule has 1 saturated heterocycles. The van der Waals surface area contributed by atoms with Gasteiger partial charge in [0.05, 0.1) is 36.6 Å². The highest BCUT2D eigenvalue weighted by Gasteiger charge is 2.32. The van der Waals surface area contributed by atoms with Gasteiger partial charge in [-0.3, -0.25) is 39.5 Å². The van der Waals surface area contributed by atoms with Crippen molar-refractivity contribution in [1.29, 1.82) is 21.0 Å². The summed E-state index contributed by atoms with van der Waals surface area (Å²) in [6, 6.07) is 20.8. The monoisotopic (exact) mass is 1290 g/mol. The van der Waals surface area contributed by atoms with E-state index in [1.807, 2.05) is 58.4 Å². The molecular formula is C76H109ClN10O6. The minimum atomic E-state index is -1.03. The molecular weight excluding hydrogens is 1180 g/mol. The number of halogens is 1. The fourth-order valence-corrected chi connectivity index (χ4v) is 12.0. The summed E-state index contributed by atoms with van der Waals surface area (Å²) in [6.07, 6.45) is 13.7. The molecule has 3 heterocycles. The van der Waals surface area contributed by atoms with Gasteiger partial charge in [0.1, 0.15) is 29.4 Å². The first kappa shape index (κ1) is 81.7. The van der Waals surface area contributed by atoms with Crippen molar-refractivity contribution in [1.82, 2.24) is 20.2 Å². The third-order valence-corrected chi connectivity index (χ3v) is 17.5. The van der Waals surface area contributed by atoms with E-state index in [1.165, 1.54) is 27.8 Å². The molecule has 3 aliphatic rings. The number of hydrazine groups is 1. The van der Waals surface area contributed by atoms with Crippen LogP contribution >= 0.6 is 11.6 Å². The maximum absolute atomic E-state index is 13.7. The molecule has 17 heteroatoms. The predicted molar refractivity (Wildman–Crippen MR) is 376 cm³/mol. The second-order valence-electron chi connectivity index (χ2n) is 26.2. The Hall–Kier alpha value is -7.44. The summed E-state index contributed by atoms with van der Waals surface area (Å²) in [6.45, 7) is 41.2. The molecule has 2 unspecified atom stereocenters. The number of nitrogens with two attached hydrogens (primary N) is 2. The first-order valence-corrected chi connectivity index (χ1v) is 33.8. The summed E-state index contributed by atoms with van der Waals surface area (Å²) >= 11 is 5.11. The molecule has 0 bridgehead atoms.